The van der Waals surface area contributed by atoms with Crippen molar-refractivity contribution in [2.75, 3.05) is 0 Å². The third-order valence-corrected chi connectivity index (χ3v) is 11.8. The van der Waals surface area contributed by atoms with Gasteiger partial charge in [0.25, 0.3) is 0 Å². The van der Waals surface area contributed by atoms with E-state index in [0.29, 0.717) is 0 Å². The molecule has 0 saturated carbocycles. The fourth-order valence-corrected chi connectivity index (χ4v) is 8.72. The van der Waals surface area contributed by atoms with Crippen LogP contribution in [-0.2, 0) is 0 Å². The topological polar surface area (TPSA) is 0 Å². The van der Waals surface area contributed by atoms with E-state index in [4.69, 9.17) is 0 Å². The van der Waals surface area contributed by atoms with E-state index < -0.39 is 9.23 Å². The molecule has 1 aliphatic heterocycles. The number of halogens is 2. The maximum atomic E-state index is 3.77. The van der Waals surface area contributed by atoms with Gasteiger partial charge in [0.15, 0.2) is 0 Å². The zero-order chi connectivity index (χ0) is 6.04. The normalized spacial score (nSPS) is 31.8. The predicted molar refractivity (Wildman–Crippen MR) is 47.1 cm³/mol. The van der Waals surface area contributed by atoms with Crippen molar-refractivity contribution in [1.82, 2.24) is 0 Å². The van der Waals surface area contributed by atoms with Crippen molar-refractivity contribution in [3.05, 3.63) is 0 Å². The number of rotatable bonds is 0. The summed E-state index contributed by atoms with van der Waals surface area (Å²) in [6, 6.07) is 0. The van der Waals surface area contributed by atoms with E-state index in [2.05, 4.69) is 28.2 Å². The molecule has 0 radical (unpaired) electrons. The Hall–Kier alpha value is 1.48. The van der Waals surface area contributed by atoms with Gasteiger partial charge in [-0.1, -0.05) is 0 Å². The molecule has 1 heterocycles. The van der Waals surface area contributed by atoms with E-state index in [9.17, 15) is 0 Å². The molecule has 50 valence electrons. The van der Waals surface area contributed by atoms with Crippen molar-refractivity contribution in [2.45, 2.75) is 29.9 Å². The van der Waals surface area contributed by atoms with Crippen molar-refractivity contribution < 1.29 is 0 Å². The summed E-state index contributed by atoms with van der Waals surface area (Å²) in [6.07, 6.45) is 4.34. The van der Waals surface area contributed by atoms with Crippen LogP contribution in [0.15, 0.2) is 0 Å². The molecule has 0 atom stereocenters. The van der Waals surface area contributed by atoms with E-state index in [1.54, 1.807) is 0 Å². The molecule has 0 unspecified atom stereocenters. The summed E-state index contributed by atoms with van der Waals surface area (Å²) in [5.41, 5.74) is 0. The molecule has 0 aromatic rings. The fourth-order valence-electron chi connectivity index (χ4n) is 0.905. The van der Waals surface area contributed by atoms with Crippen molar-refractivity contribution >= 4 is 37.4 Å². The molecular weight excluding hydrogens is 299 g/mol. The van der Waals surface area contributed by atoms with Crippen LogP contribution in [0.4, 0.5) is 0 Å². The molecule has 3 heteroatoms. The zero-order valence-electron chi connectivity index (χ0n) is 4.70. The van der Waals surface area contributed by atoms with Crippen LogP contribution in [0.2, 0.25) is 10.6 Å². The summed E-state index contributed by atoms with van der Waals surface area (Å²) < 4.78 is 0. The zero-order valence-corrected chi connectivity index (χ0v) is 9.58. The number of hydrogen-bond donors (Lipinski definition) is 0. The molecule has 1 aliphatic rings. The van der Waals surface area contributed by atoms with Gasteiger partial charge in [0.2, 0.25) is 0 Å². The fraction of sp³-hybridized carbons (Fsp3) is 1.00. The Kier molecular flexibility index (Phi) is 2.89. The van der Waals surface area contributed by atoms with E-state index in [-0.39, 0.29) is 0 Å². The van der Waals surface area contributed by atoms with Gasteiger partial charge < -0.3 is 0 Å². The predicted octanol–water partition coefficient (Wildman–Crippen LogP) is 3.40. The molecule has 1 rings (SSSR count). The molecule has 1 saturated heterocycles. The Morgan fingerprint density at radius 2 is 1.38 bits per heavy atom. The second kappa shape index (κ2) is 3.05. The molecule has 1 fully saturated rings. The van der Waals surface area contributed by atoms with Crippen molar-refractivity contribution in [1.29, 1.82) is 0 Å². The van der Waals surface area contributed by atoms with Gasteiger partial charge in [-0.2, -0.15) is 0 Å². The standard InChI is InChI=1S/C5H10Br2Se/c6-8(7)4-2-1-3-5-8/h1-5H2. The quantitative estimate of drug-likeness (QED) is 0.602. The first-order chi connectivity index (χ1) is 3.71. The van der Waals surface area contributed by atoms with Crippen LogP contribution in [0.1, 0.15) is 19.3 Å². The van der Waals surface area contributed by atoms with Gasteiger partial charge in [0, 0.05) is 0 Å². The first kappa shape index (κ1) is 7.58. The van der Waals surface area contributed by atoms with Gasteiger partial charge in [-0.3, -0.25) is 0 Å². The van der Waals surface area contributed by atoms with Gasteiger partial charge in [-0.05, 0) is 0 Å². The average Bonchev–Trinajstić information content (AvgIpc) is 1.65. The van der Waals surface area contributed by atoms with Crippen molar-refractivity contribution in [3.63, 3.8) is 0 Å². The van der Waals surface area contributed by atoms with Crippen LogP contribution >= 0.6 is 28.2 Å². The van der Waals surface area contributed by atoms with Gasteiger partial charge in [-0.25, -0.2) is 0 Å². The second-order valence-corrected chi connectivity index (χ2v) is 24.2. The van der Waals surface area contributed by atoms with Gasteiger partial charge in [0.1, 0.15) is 0 Å². The summed E-state index contributed by atoms with van der Waals surface area (Å²) in [6.45, 7) is 0. The Bertz CT molecular complexity index is 74.5. The van der Waals surface area contributed by atoms with E-state index in [0.717, 1.165) is 0 Å². The second-order valence-electron chi connectivity index (χ2n) is 2.17. The molecule has 0 aromatic heterocycles. The van der Waals surface area contributed by atoms with E-state index in [1.165, 1.54) is 29.9 Å². The third kappa shape index (κ3) is 2.38. The Balaban J connectivity index is 2.33. The summed E-state index contributed by atoms with van der Waals surface area (Å²) in [7, 11) is -1.12. The Morgan fingerprint density at radius 1 is 0.875 bits per heavy atom. The van der Waals surface area contributed by atoms with Crippen LogP contribution in [0, 0.1) is 0 Å². The summed E-state index contributed by atoms with van der Waals surface area (Å²) in [4.78, 5) is 0. The minimum absolute atomic E-state index is 1.12. The van der Waals surface area contributed by atoms with Crippen LogP contribution < -0.4 is 0 Å². The van der Waals surface area contributed by atoms with E-state index in [1.807, 2.05) is 0 Å². The molecule has 0 N–H and O–H groups in total. The van der Waals surface area contributed by atoms with Crippen LogP contribution in [-0.4, -0.2) is 9.23 Å². The molecular formula is C5H10Br2Se. The molecule has 0 aromatic carbocycles. The van der Waals surface area contributed by atoms with Gasteiger partial charge in [-0.15, -0.1) is 0 Å². The molecule has 8 heavy (non-hydrogen) atoms. The molecule has 0 bridgehead atoms. The molecule has 0 aliphatic carbocycles. The third-order valence-electron chi connectivity index (χ3n) is 1.39. The first-order valence-corrected chi connectivity index (χ1v) is 13.3. The molecule has 0 nitrogen and oxygen atoms in total. The SMILES string of the molecule is Br[Se]1(Br)CCCCC1. The van der Waals surface area contributed by atoms with Gasteiger partial charge >= 0.3 is 67.4 Å². The minimum atomic E-state index is -1.12. The Labute approximate surface area is 67.0 Å². The molecule has 0 spiro atoms. The van der Waals surface area contributed by atoms with Gasteiger partial charge in [0.05, 0.1) is 0 Å². The van der Waals surface area contributed by atoms with Crippen LogP contribution in [0.25, 0.3) is 0 Å². The Morgan fingerprint density at radius 3 is 1.62 bits per heavy atom. The summed E-state index contributed by atoms with van der Waals surface area (Å²) in [5, 5.41) is 2.88. The first-order valence-electron chi connectivity index (χ1n) is 2.89. The average molecular weight is 309 g/mol. The summed E-state index contributed by atoms with van der Waals surface area (Å²) in [5.74, 6) is 0. The number of hydrogen-bond acceptors (Lipinski definition) is 0. The summed E-state index contributed by atoms with van der Waals surface area (Å²) >= 11 is 7.53. The van der Waals surface area contributed by atoms with E-state index >= 15 is 0 Å². The van der Waals surface area contributed by atoms with Crippen LogP contribution in [0.3, 0.4) is 0 Å². The maximum absolute atomic E-state index is 3.77. The van der Waals surface area contributed by atoms with Crippen LogP contribution in [0.5, 0.6) is 0 Å². The molecule has 0 amide bonds. The van der Waals surface area contributed by atoms with Crippen molar-refractivity contribution in [3.8, 4) is 0 Å². The van der Waals surface area contributed by atoms with Crippen molar-refractivity contribution in [2.24, 2.45) is 0 Å². The monoisotopic (exact) mass is 308 g/mol.